The van der Waals surface area contributed by atoms with E-state index >= 15 is 0 Å². The summed E-state index contributed by atoms with van der Waals surface area (Å²) in [5, 5.41) is 20.7. The van der Waals surface area contributed by atoms with Gasteiger partial charge in [0, 0.05) is 6.54 Å². The lowest BCUT2D eigenvalue weighted by molar-refractivity contribution is -0.134. The van der Waals surface area contributed by atoms with Crippen molar-refractivity contribution < 1.29 is 24.2 Å². The number of carboxylic acid groups (broad SMARTS) is 1. The summed E-state index contributed by atoms with van der Waals surface area (Å²) in [4.78, 5) is 26.6. The van der Waals surface area contributed by atoms with E-state index in [0.29, 0.717) is 48.6 Å². The monoisotopic (exact) mass is 588 g/mol. The number of ether oxygens (including phenoxy) is 2. The highest BCUT2D eigenvalue weighted by molar-refractivity contribution is 6.43. The van der Waals surface area contributed by atoms with Crippen molar-refractivity contribution in [3.63, 3.8) is 0 Å². The minimum atomic E-state index is -1.31. The van der Waals surface area contributed by atoms with Gasteiger partial charge < -0.3 is 19.5 Å². The Morgan fingerprint density at radius 2 is 1.75 bits per heavy atom. The Bertz CT molecular complexity index is 1290. The number of halogens is 2. The molecule has 40 heavy (non-hydrogen) atoms. The van der Waals surface area contributed by atoms with E-state index in [1.807, 2.05) is 46.0 Å². The predicted octanol–water partition coefficient (Wildman–Crippen LogP) is 6.90. The Kier molecular flexibility index (Phi) is 12.1. The molecule has 7 nitrogen and oxygen atoms in total. The number of carboxylic acids is 1. The molecule has 1 N–H and O–H groups in total. The maximum atomic E-state index is 12.4. The Labute approximate surface area is 247 Å². The molecule has 2 atom stereocenters. The molecule has 216 valence electrons. The molecule has 0 saturated heterocycles. The topological polar surface area (TPSA) is 99.9 Å². The Balaban J connectivity index is 2.31. The zero-order valence-corrected chi connectivity index (χ0v) is 25.7. The zero-order chi connectivity index (χ0) is 30.2. The third kappa shape index (κ3) is 7.37. The summed E-state index contributed by atoms with van der Waals surface area (Å²) in [6.07, 6.45) is 1.31. The van der Waals surface area contributed by atoms with E-state index in [-0.39, 0.29) is 27.5 Å². The van der Waals surface area contributed by atoms with Crippen molar-refractivity contribution in [2.24, 2.45) is 11.8 Å². The van der Waals surface area contributed by atoms with Crippen molar-refractivity contribution in [2.75, 3.05) is 34.4 Å². The fourth-order valence-corrected chi connectivity index (χ4v) is 5.62. The quantitative estimate of drug-likeness (QED) is 0.145. The molecule has 2 aromatic carbocycles. The van der Waals surface area contributed by atoms with Crippen LogP contribution in [0.25, 0.3) is 5.57 Å². The van der Waals surface area contributed by atoms with Crippen LogP contribution in [0.1, 0.15) is 51.7 Å². The third-order valence-electron chi connectivity index (χ3n) is 7.35. The van der Waals surface area contributed by atoms with E-state index in [0.717, 1.165) is 5.56 Å². The van der Waals surface area contributed by atoms with Crippen molar-refractivity contribution in [1.29, 1.82) is 5.26 Å². The van der Waals surface area contributed by atoms with E-state index in [2.05, 4.69) is 11.0 Å². The summed E-state index contributed by atoms with van der Waals surface area (Å²) in [7, 11) is 5.08. The smallest absolute Gasteiger partial charge is 0.339 e. The molecular formula is C31H38Cl2N2O5. The van der Waals surface area contributed by atoms with Gasteiger partial charge >= 0.3 is 5.97 Å². The van der Waals surface area contributed by atoms with Crippen LogP contribution in [0.4, 0.5) is 0 Å². The van der Waals surface area contributed by atoms with Crippen LogP contribution >= 0.6 is 23.2 Å². The highest BCUT2D eigenvalue weighted by Gasteiger charge is 2.36. The zero-order valence-electron chi connectivity index (χ0n) is 24.2. The molecule has 0 aliphatic heterocycles. The number of hydrogen-bond donors (Lipinski definition) is 1. The lowest BCUT2D eigenvalue weighted by atomic mass is 9.69. The Morgan fingerprint density at radius 1 is 1.10 bits per heavy atom. The van der Waals surface area contributed by atoms with Crippen LogP contribution in [0.3, 0.4) is 0 Å². The summed E-state index contributed by atoms with van der Waals surface area (Å²) >= 11 is 12.7. The summed E-state index contributed by atoms with van der Waals surface area (Å²) in [6.45, 7) is 8.28. The number of carbonyl (C=O) groups excluding carboxylic acids is 1. The van der Waals surface area contributed by atoms with Crippen LogP contribution in [-0.4, -0.2) is 56.1 Å². The van der Waals surface area contributed by atoms with Gasteiger partial charge in [0.15, 0.2) is 17.3 Å². The standard InChI is InChI=1S/C31H38Cl2N2O5/c1-19(2)31(18-34,22-12-13-25(39-6)26(16-22)40-7)14-9-15-35(5)17-20(3)27(28(21(4)36)30(37)38)23-10-8-11-24(32)29(23)33/h8,10-13,16,19-20H,9,14-15,17H2,1-7H3,(H,37,38). The molecule has 2 aromatic rings. The molecule has 0 amide bonds. The van der Waals surface area contributed by atoms with Gasteiger partial charge in [-0.2, -0.15) is 5.26 Å². The van der Waals surface area contributed by atoms with E-state index in [9.17, 15) is 20.0 Å². The summed E-state index contributed by atoms with van der Waals surface area (Å²) in [5.41, 5.74) is 0.600. The second kappa shape index (κ2) is 14.5. The largest absolute Gasteiger partial charge is 0.493 e. The Morgan fingerprint density at radius 3 is 2.27 bits per heavy atom. The van der Waals surface area contributed by atoms with Gasteiger partial charge in [0.05, 0.1) is 35.7 Å². The van der Waals surface area contributed by atoms with E-state index < -0.39 is 17.2 Å². The predicted molar refractivity (Wildman–Crippen MR) is 159 cm³/mol. The number of carbonyl (C=O) groups is 2. The molecule has 0 aromatic heterocycles. The van der Waals surface area contributed by atoms with Crippen LogP contribution in [0, 0.1) is 23.2 Å². The molecule has 0 bridgehead atoms. The normalized spacial score (nSPS) is 14.2. The molecule has 0 heterocycles. The second-order valence-corrected chi connectivity index (χ2v) is 11.1. The first-order chi connectivity index (χ1) is 18.8. The molecule has 0 fully saturated rings. The first-order valence-corrected chi connectivity index (χ1v) is 13.8. The number of rotatable bonds is 14. The number of benzene rings is 2. The summed E-state index contributed by atoms with van der Waals surface area (Å²) in [6, 6.07) is 13.2. The van der Waals surface area contributed by atoms with Gasteiger partial charge in [-0.1, -0.05) is 62.2 Å². The van der Waals surface area contributed by atoms with Crippen LogP contribution < -0.4 is 9.47 Å². The fourth-order valence-electron chi connectivity index (χ4n) is 5.22. The van der Waals surface area contributed by atoms with Crippen LogP contribution in [0.15, 0.2) is 42.0 Å². The highest BCUT2D eigenvalue weighted by Crippen LogP contribution is 2.41. The minimum Gasteiger partial charge on any atom is -0.493 e. The van der Waals surface area contributed by atoms with Gasteiger partial charge in [0.1, 0.15) is 5.57 Å². The van der Waals surface area contributed by atoms with Crippen molar-refractivity contribution in [1.82, 2.24) is 4.90 Å². The molecule has 2 unspecified atom stereocenters. The van der Waals surface area contributed by atoms with Crippen LogP contribution in [0.2, 0.25) is 10.0 Å². The van der Waals surface area contributed by atoms with Gasteiger partial charge in [-0.05, 0) is 80.1 Å². The molecule has 0 saturated carbocycles. The van der Waals surface area contributed by atoms with Crippen molar-refractivity contribution in [3.05, 3.63) is 63.1 Å². The van der Waals surface area contributed by atoms with Gasteiger partial charge in [0.25, 0.3) is 0 Å². The van der Waals surface area contributed by atoms with Crippen molar-refractivity contribution >= 4 is 40.5 Å². The lowest BCUT2D eigenvalue weighted by Crippen LogP contribution is -2.33. The van der Waals surface area contributed by atoms with Crippen LogP contribution in [-0.2, 0) is 15.0 Å². The molecular weight excluding hydrogens is 551 g/mol. The number of aliphatic carboxylic acids is 1. The molecule has 0 aliphatic rings. The first kappa shape index (κ1) is 33.2. The van der Waals surface area contributed by atoms with E-state index in [1.54, 1.807) is 32.4 Å². The number of ketones is 1. The van der Waals surface area contributed by atoms with Crippen molar-refractivity contribution in [2.45, 2.75) is 46.0 Å². The number of methoxy groups -OCH3 is 2. The Hall–Kier alpha value is -3.05. The number of nitrogens with zero attached hydrogens (tertiary/aromatic N) is 2. The van der Waals surface area contributed by atoms with Gasteiger partial charge in [-0.15, -0.1) is 0 Å². The van der Waals surface area contributed by atoms with E-state index in [1.165, 1.54) is 6.92 Å². The number of Topliss-reactive ketones (excluding diaryl/α,β-unsaturated/α-hetero) is 1. The summed E-state index contributed by atoms with van der Waals surface area (Å²) in [5.74, 6) is -1.01. The SMILES string of the molecule is COc1ccc(C(C#N)(CCCN(C)CC(C)C(=C(C(C)=O)C(=O)O)c2cccc(Cl)c2Cl)C(C)C)cc1OC. The third-order valence-corrected chi connectivity index (χ3v) is 8.17. The highest BCUT2D eigenvalue weighted by atomic mass is 35.5. The molecule has 0 radical (unpaired) electrons. The summed E-state index contributed by atoms with van der Waals surface area (Å²) < 4.78 is 10.8. The average molecular weight is 590 g/mol. The average Bonchev–Trinajstić information content (AvgIpc) is 2.90. The molecule has 9 heteroatoms. The van der Waals surface area contributed by atoms with Crippen molar-refractivity contribution in [3.8, 4) is 17.6 Å². The van der Waals surface area contributed by atoms with E-state index in [4.69, 9.17) is 32.7 Å². The van der Waals surface area contributed by atoms with Gasteiger partial charge in [-0.3, -0.25) is 4.79 Å². The fraction of sp³-hybridized carbons (Fsp3) is 0.452. The maximum Gasteiger partial charge on any atom is 0.339 e. The van der Waals surface area contributed by atoms with Gasteiger partial charge in [0.2, 0.25) is 0 Å². The number of nitriles is 1. The molecule has 0 spiro atoms. The first-order valence-electron chi connectivity index (χ1n) is 13.1. The molecule has 2 rings (SSSR count). The minimum absolute atomic E-state index is 0.0352. The maximum absolute atomic E-state index is 12.4. The number of hydrogen-bond acceptors (Lipinski definition) is 6. The van der Waals surface area contributed by atoms with Crippen LogP contribution in [0.5, 0.6) is 11.5 Å². The lowest BCUT2D eigenvalue weighted by Gasteiger charge is -2.33. The second-order valence-electron chi connectivity index (χ2n) is 10.3. The van der Waals surface area contributed by atoms with Gasteiger partial charge in [-0.25, -0.2) is 4.79 Å². The molecule has 0 aliphatic carbocycles.